The van der Waals surface area contributed by atoms with Crippen LogP contribution in [0.15, 0.2) is 24.3 Å². The van der Waals surface area contributed by atoms with Crippen LogP contribution in [0, 0.1) is 0 Å². The third-order valence-electron chi connectivity index (χ3n) is 4.90. The van der Waals surface area contributed by atoms with Crippen LogP contribution in [0.25, 0.3) is 0 Å². The van der Waals surface area contributed by atoms with Gasteiger partial charge in [-0.25, -0.2) is 4.98 Å². The van der Waals surface area contributed by atoms with Crippen molar-refractivity contribution >= 4 is 11.8 Å². The lowest BCUT2D eigenvalue weighted by atomic mass is 9.99. The predicted octanol–water partition coefficient (Wildman–Crippen LogP) is 3.75. The van der Waals surface area contributed by atoms with Gasteiger partial charge in [0, 0.05) is 31.1 Å². The summed E-state index contributed by atoms with van der Waals surface area (Å²) in [7, 11) is 1.72. The molecule has 1 aliphatic carbocycles. The van der Waals surface area contributed by atoms with Crippen LogP contribution >= 0.6 is 0 Å². The minimum atomic E-state index is 0.330. The molecule has 25 heavy (non-hydrogen) atoms. The molecule has 5 nitrogen and oxygen atoms in total. The van der Waals surface area contributed by atoms with E-state index in [9.17, 15) is 0 Å². The van der Waals surface area contributed by atoms with Gasteiger partial charge in [0.2, 0.25) is 5.95 Å². The standard InChI is InChI=1S/C20H26N4O/c1-13(2)21-20-22-18(14-4-5-14)11-19(23-20)24-9-8-15-10-17(25-3)7-6-16(15)12-24/h6-7,10-11,13-14H,4-5,8-9,12H2,1-3H3,(H,21,22,23). The van der Waals surface area contributed by atoms with Crippen LogP contribution in [0.2, 0.25) is 0 Å². The number of nitrogens with zero attached hydrogens (tertiary/aromatic N) is 3. The molecule has 2 heterocycles. The fourth-order valence-corrected chi connectivity index (χ4v) is 3.38. The Labute approximate surface area is 149 Å². The van der Waals surface area contributed by atoms with Crippen molar-refractivity contribution in [3.8, 4) is 5.75 Å². The van der Waals surface area contributed by atoms with Crippen molar-refractivity contribution in [2.45, 2.75) is 51.6 Å². The number of hydrogen-bond donors (Lipinski definition) is 1. The summed E-state index contributed by atoms with van der Waals surface area (Å²) in [6.07, 6.45) is 3.52. The van der Waals surface area contributed by atoms with Crippen molar-refractivity contribution in [2.75, 3.05) is 23.9 Å². The topological polar surface area (TPSA) is 50.3 Å². The van der Waals surface area contributed by atoms with E-state index in [2.05, 4.69) is 42.3 Å². The van der Waals surface area contributed by atoms with Gasteiger partial charge in [-0.05, 0) is 56.4 Å². The number of anilines is 2. The van der Waals surface area contributed by atoms with Crippen LogP contribution in [-0.2, 0) is 13.0 Å². The van der Waals surface area contributed by atoms with Gasteiger partial charge in [-0.1, -0.05) is 6.07 Å². The first-order valence-electron chi connectivity index (χ1n) is 9.18. The molecule has 5 heteroatoms. The normalized spacial score (nSPS) is 16.7. The maximum absolute atomic E-state index is 5.35. The predicted molar refractivity (Wildman–Crippen MR) is 101 cm³/mol. The van der Waals surface area contributed by atoms with Crippen LogP contribution in [0.1, 0.15) is 49.4 Å². The molecule has 132 valence electrons. The van der Waals surface area contributed by atoms with Crippen molar-refractivity contribution in [1.82, 2.24) is 9.97 Å². The average molecular weight is 338 g/mol. The molecule has 1 aliphatic heterocycles. The van der Waals surface area contributed by atoms with E-state index in [4.69, 9.17) is 14.7 Å². The van der Waals surface area contributed by atoms with E-state index in [-0.39, 0.29) is 0 Å². The fraction of sp³-hybridized carbons (Fsp3) is 0.500. The summed E-state index contributed by atoms with van der Waals surface area (Å²) >= 11 is 0. The Kier molecular flexibility index (Phi) is 4.24. The highest BCUT2D eigenvalue weighted by molar-refractivity contribution is 5.50. The molecule has 2 aromatic rings. The van der Waals surface area contributed by atoms with E-state index in [1.807, 2.05) is 6.07 Å². The highest BCUT2D eigenvalue weighted by Crippen LogP contribution is 2.40. The highest BCUT2D eigenvalue weighted by atomic mass is 16.5. The molecule has 0 amide bonds. The summed E-state index contributed by atoms with van der Waals surface area (Å²) in [5.41, 5.74) is 3.93. The van der Waals surface area contributed by atoms with Gasteiger partial charge in [0.05, 0.1) is 12.8 Å². The Hall–Kier alpha value is -2.30. The summed E-state index contributed by atoms with van der Waals surface area (Å²) in [5, 5.41) is 3.38. The minimum absolute atomic E-state index is 0.330. The van der Waals surface area contributed by atoms with Gasteiger partial charge in [0.1, 0.15) is 11.6 Å². The molecule has 1 aromatic heterocycles. The number of fused-ring (bicyclic) bond motifs is 1. The molecule has 1 N–H and O–H groups in total. The molecular formula is C20H26N4O. The minimum Gasteiger partial charge on any atom is -0.497 e. The van der Waals surface area contributed by atoms with Crippen molar-refractivity contribution < 1.29 is 4.74 Å². The smallest absolute Gasteiger partial charge is 0.225 e. The zero-order chi connectivity index (χ0) is 17.4. The SMILES string of the molecule is COc1ccc2c(c1)CCN(c1cc(C3CC3)nc(NC(C)C)n1)C2. The van der Waals surface area contributed by atoms with Gasteiger partial charge in [-0.3, -0.25) is 0 Å². The van der Waals surface area contributed by atoms with Crippen molar-refractivity contribution in [3.63, 3.8) is 0 Å². The Balaban J connectivity index is 1.61. The second-order valence-electron chi connectivity index (χ2n) is 7.35. The van der Waals surface area contributed by atoms with Crippen LogP contribution in [0.5, 0.6) is 5.75 Å². The summed E-state index contributed by atoms with van der Waals surface area (Å²) in [5.74, 6) is 3.36. The first-order valence-corrected chi connectivity index (χ1v) is 9.18. The van der Waals surface area contributed by atoms with Gasteiger partial charge >= 0.3 is 0 Å². The second-order valence-corrected chi connectivity index (χ2v) is 7.35. The lowest BCUT2D eigenvalue weighted by Gasteiger charge is -2.30. The third kappa shape index (κ3) is 3.55. The maximum atomic E-state index is 5.35. The van der Waals surface area contributed by atoms with Crippen LogP contribution in [0.3, 0.4) is 0 Å². The number of aromatic nitrogens is 2. The Morgan fingerprint density at radius 3 is 2.72 bits per heavy atom. The molecular weight excluding hydrogens is 312 g/mol. The van der Waals surface area contributed by atoms with Crippen LogP contribution in [-0.4, -0.2) is 29.7 Å². The van der Waals surface area contributed by atoms with E-state index in [1.165, 1.54) is 29.7 Å². The first-order chi connectivity index (χ1) is 12.1. The fourth-order valence-electron chi connectivity index (χ4n) is 3.38. The van der Waals surface area contributed by atoms with Crippen molar-refractivity contribution in [1.29, 1.82) is 0 Å². The molecule has 0 saturated heterocycles. The van der Waals surface area contributed by atoms with Gasteiger partial charge in [-0.15, -0.1) is 0 Å². The number of methoxy groups -OCH3 is 1. The second kappa shape index (κ2) is 6.54. The van der Waals surface area contributed by atoms with Gasteiger partial charge < -0.3 is 15.0 Å². The molecule has 2 aliphatic rings. The largest absolute Gasteiger partial charge is 0.497 e. The van der Waals surface area contributed by atoms with E-state index in [0.29, 0.717) is 12.0 Å². The number of rotatable bonds is 5. The molecule has 0 atom stereocenters. The van der Waals surface area contributed by atoms with Crippen LogP contribution in [0.4, 0.5) is 11.8 Å². The molecule has 4 rings (SSSR count). The maximum Gasteiger partial charge on any atom is 0.225 e. The van der Waals surface area contributed by atoms with Gasteiger partial charge in [-0.2, -0.15) is 4.98 Å². The Bertz CT molecular complexity index is 770. The first kappa shape index (κ1) is 16.2. The molecule has 1 aromatic carbocycles. The average Bonchev–Trinajstić information content (AvgIpc) is 3.45. The van der Waals surface area contributed by atoms with E-state index in [0.717, 1.165) is 37.0 Å². The zero-order valence-electron chi connectivity index (χ0n) is 15.2. The van der Waals surface area contributed by atoms with E-state index < -0.39 is 0 Å². The molecule has 1 saturated carbocycles. The molecule has 0 radical (unpaired) electrons. The third-order valence-corrected chi connectivity index (χ3v) is 4.90. The quantitative estimate of drug-likeness (QED) is 0.900. The number of nitrogens with one attached hydrogen (secondary N) is 1. The summed E-state index contributed by atoms with van der Waals surface area (Å²) in [4.78, 5) is 11.9. The summed E-state index contributed by atoms with van der Waals surface area (Å²) < 4.78 is 5.35. The molecule has 1 fully saturated rings. The zero-order valence-corrected chi connectivity index (χ0v) is 15.2. The van der Waals surface area contributed by atoms with E-state index >= 15 is 0 Å². The lowest BCUT2D eigenvalue weighted by Crippen LogP contribution is -2.31. The number of benzene rings is 1. The Morgan fingerprint density at radius 2 is 2.00 bits per heavy atom. The summed E-state index contributed by atoms with van der Waals surface area (Å²) in [6, 6.07) is 8.91. The summed E-state index contributed by atoms with van der Waals surface area (Å²) in [6.45, 7) is 6.11. The van der Waals surface area contributed by atoms with E-state index in [1.54, 1.807) is 7.11 Å². The van der Waals surface area contributed by atoms with Gasteiger partial charge in [0.25, 0.3) is 0 Å². The lowest BCUT2D eigenvalue weighted by molar-refractivity contribution is 0.413. The number of ether oxygens (including phenoxy) is 1. The monoisotopic (exact) mass is 338 g/mol. The number of hydrogen-bond acceptors (Lipinski definition) is 5. The highest BCUT2D eigenvalue weighted by Gasteiger charge is 2.27. The molecule has 0 spiro atoms. The molecule has 0 bridgehead atoms. The van der Waals surface area contributed by atoms with Crippen molar-refractivity contribution in [3.05, 3.63) is 41.1 Å². The molecule has 0 unspecified atom stereocenters. The van der Waals surface area contributed by atoms with Crippen molar-refractivity contribution in [2.24, 2.45) is 0 Å². The van der Waals surface area contributed by atoms with Crippen LogP contribution < -0.4 is 15.0 Å². The Morgan fingerprint density at radius 1 is 1.16 bits per heavy atom. The van der Waals surface area contributed by atoms with Gasteiger partial charge in [0.15, 0.2) is 0 Å².